The van der Waals surface area contributed by atoms with Gasteiger partial charge in [0.25, 0.3) is 0 Å². The highest BCUT2D eigenvalue weighted by Gasteiger charge is 2.21. The van der Waals surface area contributed by atoms with Crippen molar-refractivity contribution in [3.05, 3.63) is 24.3 Å². The summed E-state index contributed by atoms with van der Waals surface area (Å²) in [4.78, 5) is 13.3. The second kappa shape index (κ2) is 7.70. The summed E-state index contributed by atoms with van der Waals surface area (Å²) in [5.41, 5.74) is 0.891. The molecule has 1 fully saturated rings. The zero-order valence-electron chi connectivity index (χ0n) is 12.3. The molecule has 2 atom stereocenters. The van der Waals surface area contributed by atoms with Gasteiger partial charge in [-0.2, -0.15) is 0 Å². The Hall–Kier alpha value is -1.00. The fourth-order valence-electron chi connectivity index (χ4n) is 2.71. The molecular weight excluding hydrogens is 268 g/mol. The van der Waals surface area contributed by atoms with Crippen molar-refractivity contribution in [2.45, 2.75) is 31.1 Å². The first-order valence-electron chi connectivity index (χ1n) is 7.33. The highest BCUT2D eigenvalue weighted by atomic mass is 32.2. The smallest absolute Gasteiger partial charge is 0.224 e. The molecule has 2 unspecified atom stereocenters. The summed E-state index contributed by atoms with van der Waals surface area (Å²) < 4.78 is 0. The number of hydrogen-bond donors (Lipinski definition) is 2. The van der Waals surface area contributed by atoms with Gasteiger partial charge in [-0.05, 0) is 68.3 Å². The molecule has 2 rings (SSSR count). The van der Waals surface area contributed by atoms with Gasteiger partial charge in [0.1, 0.15) is 0 Å². The van der Waals surface area contributed by atoms with Crippen molar-refractivity contribution in [3.63, 3.8) is 0 Å². The number of thioether (sulfide) groups is 1. The van der Waals surface area contributed by atoms with Gasteiger partial charge in [-0.1, -0.05) is 6.92 Å². The van der Waals surface area contributed by atoms with Gasteiger partial charge in [-0.15, -0.1) is 11.8 Å². The fraction of sp³-hybridized carbons (Fsp3) is 0.562. The lowest BCUT2D eigenvalue weighted by Gasteiger charge is -2.28. The van der Waals surface area contributed by atoms with Crippen LogP contribution in [0.25, 0.3) is 0 Å². The minimum atomic E-state index is 0.125. The molecule has 0 spiro atoms. The fourth-order valence-corrected chi connectivity index (χ4v) is 3.12. The molecule has 20 heavy (non-hydrogen) atoms. The second-order valence-electron chi connectivity index (χ2n) is 5.56. The largest absolute Gasteiger partial charge is 0.326 e. The Balaban J connectivity index is 1.81. The molecular formula is C16H24N2OS. The van der Waals surface area contributed by atoms with Gasteiger partial charge in [0.2, 0.25) is 5.91 Å². The first-order valence-corrected chi connectivity index (χ1v) is 8.56. The van der Waals surface area contributed by atoms with Crippen molar-refractivity contribution in [2.75, 3.05) is 24.7 Å². The molecule has 1 amide bonds. The summed E-state index contributed by atoms with van der Waals surface area (Å²) in [5.74, 6) is 1.20. The van der Waals surface area contributed by atoms with Crippen LogP contribution in [0.2, 0.25) is 0 Å². The number of carbonyl (C=O) groups excluding carboxylic acids is 1. The number of rotatable bonds is 5. The van der Waals surface area contributed by atoms with Crippen LogP contribution in [0.1, 0.15) is 26.2 Å². The average molecular weight is 292 g/mol. The van der Waals surface area contributed by atoms with Crippen molar-refractivity contribution in [1.29, 1.82) is 0 Å². The van der Waals surface area contributed by atoms with E-state index in [1.807, 2.05) is 30.5 Å². The van der Waals surface area contributed by atoms with Crippen LogP contribution in [0.15, 0.2) is 29.2 Å². The Kier molecular flexibility index (Phi) is 5.92. The second-order valence-corrected chi connectivity index (χ2v) is 6.44. The third-order valence-corrected chi connectivity index (χ3v) is 4.76. The van der Waals surface area contributed by atoms with Crippen molar-refractivity contribution >= 4 is 23.4 Å². The van der Waals surface area contributed by atoms with Gasteiger partial charge < -0.3 is 10.6 Å². The summed E-state index contributed by atoms with van der Waals surface area (Å²) >= 11 is 1.71. The number of nitrogens with one attached hydrogen (secondary N) is 2. The molecule has 1 aliphatic heterocycles. The summed E-state index contributed by atoms with van der Waals surface area (Å²) in [6.45, 7) is 4.36. The van der Waals surface area contributed by atoms with Crippen LogP contribution in [-0.4, -0.2) is 25.3 Å². The van der Waals surface area contributed by atoms with Crippen molar-refractivity contribution in [2.24, 2.45) is 11.8 Å². The summed E-state index contributed by atoms with van der Waals surface area (Å²) in [7, 11) is 0. The van der Waals surface area contributed by atoms with E-state index in [0.717, 1.165) is 18.8 Å². The molecule has 0 radical (unpaired) electrons. The Bertz CT molecular complexity index is 427. The summed E-state index contributed by atoms with van der Waals surface area (Å²) in [6.07, 6.45) is 5.13. The van der Waals surface area contributed by atoms with E-state index in [-0.39, 0.29) is 5.91 Å². The van der Waals surface area contributed by atoms with Gasteiger partial charge in [-0.3, -0.25) is 4.79 Å². The molecule has 0 bridgehead atoms. The van der Waals surface area contributed by atoms with Gasteiger partial charge in [0.05, 0.1) is 0 Å². The molecule has 4 heteroatoms. The zero-order chi connectivity index (χ0) is 14.4. The third-order valence-electron chi connectivity index (χ3n) is 4.02. The quantitative estimate of drug-likeness (QED) is 0.818. The molecule has 1 aliphatic rings. The van der Waals surface area contributed by atoms with E-state index in [1.54, 1.807) is 11.8 Å². The van der Waals surface area contributed by atoms with E-state index in [0.29, 0.717) is 18.3 Å². The number of carbonyl (C=O) groups is 1. The van der Waals surface area contributed by atoms with Crippen LogP contribution < -0.4 is 10.6 Å². The van der Waals surface area contributed by atoms with E-state index in [4.69, 9.17) is 0 Å². The molecule has 1 heterocycles. The number of piperidine rings is 1. The van der Waals surface area contributed by atoms with Crippen LogP contribution in [-0.2, 0) is 4.79 Å². The topological polar surface area (TPSA) is 41.1 Å². The lowest BCUT2D eigenvalue weighted by molar-refractivity contribution is -0.117. The van der Waals surface area contributed by atoms with Gasteiger partial charge >= 0.3 is 0 Å². The highest BCUT2D eigenvalue weighted by Crippen LogP contribution is 2.23. The average Bonchev–Trinajstić information content (AvgIpc) is 2.49. The normalized spacial score (nSPS) is 20.4. The van der Waals surface area contributed by atoms with E-state index in [1.165, 1.54) is 17.7 Å². The molecule has 3 nitrogen and oxygen atoms in total. The van der Waals surface area contributed by atoms with Crippen LogP contribution in [0.5, 0.6) is 0 Å². The van der Waals surface area contributed by atoms with E-state index in [9.17, 15) is 4.79 Å². The minimum absolute atomic E-state index is 0.125. The Morgan fingerprint density at radius 3 is 2.80 bits per heavy atom. The molecule has 2 N–H and O–H groups in total. The Morgan fingerprint density at radius 1 is 1.45 bits per heavy atom. The summed E-state index contributed by atoms with van der Waals surface area (Å²) in [5, 5.41) is 6.41. The number of hydrogen-bond acceptors (Lipinski definition) is 3. The van der Waals surface area contributed by atoms with Gasteiger partial charge in [-0.25, -0.2) is 0 Å². The lowest BCUT2D eigenvalue weighted by atomic mass is 9.85. The third kappa shape index (κ3) is 4.53. The van der Waals surface area contributed by atoms with Gasteiger partial charge in [0.15, 0.2) is 0 Å². The van der Waals surface area contributed by atoms with Crippen molar-refractivity contribution in [1.82, 2.24) is 5.32 Å². The SMILES string of the molecule is CSc1ccc(NC(=O)CC(C)C2CCCNC2)cc1. The molecule has 0 aromatic heterocycles. The molecule has 1 saturated heterocycles. The highest BCUT2D eigenvalue weighted by molar-refractivity contribution is 7.98. The molecule has 0 saturated carbocycles. The number of anilines is 1. The predicted octanol–water partition coefficient (Wildman–Crippen LogP) is 3.37. The maximum atomic E-state index is 12.1. The zero-order valence-corrected chi connectivity index (χ0v) is 13.1. The van der Waals surface area contributed by atoms with E-state index < -0.39 is 0 Å². The van der Waals surface area contributed by atoms with Gasteiger partial charge in [0, 0.05) is 17.0 Å². The monoisotopic (exact) mass is 292 g/mol. The lowest BCUT2D eigenvalue weighted by Crippen LogP contribution is -2.34. The Morgan fingerprint density at radius 2 is 2.20 bits per heavy atom. The van der Waals surface area contributed by atoms with Crippen molar-refractivity contribution in [3.8, 4) is 0 Å². The number of benzene rings is 1. The summed E-state index contributed by atoms with van der Waals surface area (Å²) in [6, 6.07) is 8.01. The predicted molar refractivity (Wildman–Crippen MR) is 86.2 cm³/mol. The van der Waals surface area contributed by atoms with Crippen molar-refractivity contribution < 1.29 is 4.79 Å². The molecule has 1 aromatic carbocycles. The van der Waals surface area contributed by atoms with Crippen LogP contribution in [0, 0.1) is 11.8 Å². The molecule has 0 aliphatic carbocycles. The minimum Gasteiger partial charge on any atom is -0.326 e. The standard InChI is InChI=1S/C16H24N2OS/c1-12(13-4-3-9-17-11-13)10-16(19)18-14-5-7-15(20-2)8-6-14/h5-8,12-13,17H,3-4,9-11H2,1-2H3,(H,18,19). The first-order chi connectivity index (χ1) is 9.69. The van der Waals surface area contributed by atoms with Crippen LogP contribution in [0.3, 0.4) is 0 Å². The van der Waals surface area contributed by atoms with Crippen LogP contribution >= 0.6 is 11.8 Å². The maximum absolute atomic E-state index is 12.1. The first kappa shape index (κ1) is 15.4. The number of amides is 1. The van der Waals surface area contributed by atoms with Crippen LogP contribution in [0.4, 0.5) is 5.69 Å². The van der Waals surface area contributed by atoms with E-state index >= 15 is 0 Å². The van der Waals surface area contributed by atoms with E-state index in [2.05, 4.69) is 17.6 Å². The maximum Gasteiger partial charge on any atom is 0.224 e. The molecule has 110 valence electrons. The Labute approximate surface area is 125 Å². The molecule has 1 aromatic rings.